The lowest BCUT2D eigenvalue weighted by Crippen LogP contribution is -2.37. The fraction of sp³-hybridized carbons (Fsp3) is 0.667. The molecule has 1 aromatic heterocycles. The third-order valence-corrected chi connectivity index (χ3v) is 3.89. The molecule has 1 aliphatic rings. The van der Waals surface area contributed by atoms with Gasteiger partial charge in [0.15, 0.2) is 0 Å². The fourth-order valence-electron chi connectivity index (χ4n) is 1.64. The van der Waals surface area contributed by atoms with Crippen LogP contribution in [0.2, 0.25) is 0 Å². The van der Waals surface area contributed by atoms with Crippen LogP contribution < -0.4 is 0 Å². The van der Waals surface area contributed by atoms with E-state index in [-0.39, 0.29) is 12.0 Å². The Morgan fingerprint density at radius 1 is 1.67 bits per heavy atom. The minimum Gasteiger partial charge on any atom is -0.395 e. The molecule has 66 valence electrons. The van der Waals surface area contributed by atoms with Gasteiger partial charge in [-0.3, -0.25) is 0 Å². The first-order valence-corrected chi connectivity index (χ1v) is 5.18. The number of rotatable bonds is 2. The van der Waals surface area contributed by atoms with Crippen molar-refractivity contribution in [2.24, 2.45) is 0 Å². The van der Waals surface area contributed by atoms with E-state index < -0.39 is 0 Å². The molecular formula is C9H13NOS. The first-order valence-electron chi connectivity index (χ1n) is 4.30. The Morgan fingerprint density at radius 2 is 2.42 bits per heavy atom. The number of aliphatic hydroxyl groups excluding tert-OH is 1. The van der Waals surface area contributed by atoms with Gasteiger partial charge < -0.3 is 5.11 Å². The number of aliphatic hydroxyl groups is 1. The smallest absolute Gasteiger partial charge is 0.101 e. The van der Waals surface area contributed by atoms with Crippen LogP contribution in [0.4, 0.5) is 0 Å². The summed E-state index contributed by atoms with van der Waals surface area (Å²) in [6, 6.07) is 0. The first kappa shape index (κ1) is 8.20. The molecule has 1 N–H and O–H groups in total. The molecule has 1 aromatic rings. The van der Waals surface area contributed by atoms with Crippen LogP contribution in [0, 0.1) is 6.92 Å². The maximum atomic E-state index is 9.27. The van der Waals surface area contributed by atoms with E-state index in [1.54, 1.807) is 11.3 Å². The second-order valence-corrected chi connectivity index (χ2v) is 4.44. The van der Waals surface area contributed by atoms with E-state index in [1.165, 1.54) is 6.42 Å². The number of hydrogen-bond acceptors (Lipinski definition) is 3. The molecule has 0 radical (unpaired) electrons. The Hall–Kier alpha value is -0.410. The molecule has 0 amide bonds. The van der Waals surface area contributed by atoms with E-state index in [9.17, 15) is 5.11 Å². The van der Waals surface area contributed by atoms with Crippen molar-refractivity contribution in [1.82, 2.24) is 4.98 Å². The summed E-state index contributed by atoms with van der Waals surface area (Å²) in [6.07, 6.45) is 3.45. The molecule has 1 fully saturated rings. The largest absolute Gasteiger partial charge is 0.395 e. The van der Waals surface area contributed by atoms with E-state index in [2.05, 4.69) is 10.4 Å². The maximum Gasteiger partial charge on any atom is 0.101 e. The SMILES string of the molecule is Cc1csc(C2(CO)CCC2)n1. The lowest BCUT2D eigenvalue weighted by molar-refractivity contribution is 0.120. The van der Waals surface area contributed by atoms with Crippen molar-refractivity contribution >= 4 is 11.3 Å². The summed E-state index contributed by atoms with van der Waals surface area (Å²) in [6.45, 7) is 2.27. The Morgan fingerprint density at radius 3 is 2.75 bits per heavy atom. The van der Waals surface area contributed by atoms with Crippen LogP contribution in [0.25, 0.3) is 0 Å². The van der Waals surface area contributed by atoms with Crippen molar-refractivity contribution in [2.75, 3.05) is 6.61 Å². The Kier molecular flexibility index (Phi) is 1.93. The second-order valence-electron chi connectivity index (χ2n) is 3.59. The van der Waals surface area contributed by atoms with Crippen molar-refractivity contribution in [1.29, 1.82) is 0 Å². The average Bonchev–Trinajstić information content (AvgIpc) is 2.35. The van der Waals surface area contributed by atoms with E-state index >= 15 is 0 Å². The third-order valence-electron chi connectivity index (χ3n) is 2.69. The Labute approximate surface area is 76.3 Å². The van der Waals surface area contributed by atoms with Gasteiger partial charge in [0.1, 0.15) is 5.01 Å². The summed E-state index contributed by atoms with van der Waals surface area (Å²) in [5.74, 6) is 0. The number of aromatic nitrogens is 1. The summed E-state index contributed by atoms with van der Waals surface area (Å²) >= 11 is 1.69. The zero-order chi connectivity index (χ0) is 8.60. The molecule has 0 saturated heterocycles. The van der Waals surface area contributed by atoms with Gasteiger partial charge in [-0.15, -0.1) is 11.3 Å². The minimum absolute atomic E-state index is 0.0406. The summed E-state index contributed by atoms with van der Waals surface area (Å²) in [5.41, 5.74) is 1.12. The maximum absolute atomic E-state index is 9.27. The van der Waals surface area contributed by atoms with Gasteiger partial charge in [-0.05, 0) is 19.8 Å². The average molecular weight is 183 g/mol. The van der Waals surface area contributed by atoms with Crippen LogP contribution >= 0.6 is 11.3 Å². The van der Waals surface area contributed by atoms with Gasteiger partial charge in [-0.2, -0.15) is 0 Å². The van der Waals surface area contributed by atoms with Crippen molar-refractivity contribution in [3.8, 4) is 0 Å². The quantitative estimate of drug-likeness (QED) is 0.759. The molecule has 0 bridgehead atoms. The highest BCUT2D eigenvalue weighted by Gasteiger charge is 2.40. The normalized spacial score (nSPS) is 20.5. The second kappa shape index (κ2) is 2.82. The summed E-state index contributed by atoms with van der Waals surface area (Å²) in [7, 11) is 0. The predicted molar refractivity (Wildman–Crippen MR) is 49.5 cm³/mol. The topological polar surface area (TPSA) is 33.1 Å². The van der Waals surface area contributed by atoms with E-state index in [1.807, 2.05) is 6.92 Å². The molecular weight excluding hydrogens is 170 g/mol. The predicted octanol–water partition coefficient (Wildman–Crippen LogP) is 1.87. The highest BCUT2D eigenvalue weighted by Crippen LogP contribution is 2.44. The lowest BCUT2D eigenvalue weighted by atomic mass is 9.70. The number of hydrogen-bond donors (Lipinski definition) is 1. The first-order chi connectivity index (χ1) is 5.77. The zero-order valence-electron chi connectivity index (χ0n) is 7.21. The third kappa shape index (κ3) is 1.08. The molecule has 1 heterocycles. The van der Waals surface area contributed by atoms with Crippen LogP contribution in [0.15, 0.2) is 5.38 Å². The highest BCUT2D eigenvalue weighted by atomic mass is 32.1. The van der Waals surface area contributed by atoms with Crippen LogP contribution in [-0.4, -0.2) is 16.7 Å². The molecule has 2 nitrogen and oxygen atoms in total. The molecule has 3 heteroatoms. The number of aryl methyl sites for hydroxylation is 1. The monoisotopic (exact) mass is 183 g/mol. The molecule has 0 unspecified atom stereocenters. The van der Waals surface area contributed by atoms with Crippen molar-refractivity contribution in [3.05, 3.63) is 16.1 Å². The highest BCUT2D eigenvalue weighted by molar-refractivity contribution is 7.09. The Bertz CT molecular complexity index is 272. The molecule has 0 atom stereocenters. The van der Waals surface area contributed by atoms with Gasteiger partial charge in [-0.1, -0.05) is 6.42 Å². The van der Waals surface area contributed by atoms with Crippen molar-refractivity contribution in [2.45, 2.75) is 31.6 Å². The van der Waals surface area contributed by atoms with E-state index in [0.29, 0.717) is 0 Å². The van der Waals surface area contributed by atoms with Gasteiger partial charge in [0.05, 0.1) is 6.61 Å². The minimum atomic E-state index is 0.0406. The van der Waals surface area contributed by atoms with Crippen LogP contribution in [0.1, 0.15) is 30.0 Å². The number of thiazole rings is 1. The molecule has 12 heavy (non-hydrogen) atoms. The van der Waals surface area contributed by atoms with Gasteiger partial charge in [0, 0.05) is 16.5 Å². The molecule has 1 saturated carbocycles. The van der Waals surface area contributed by atoms with Gasteiger partial charge in [0.25, 0.3) is 0 Å². The summed E-state index contributed by atoms with van der Waals surface area (Å²) < 4.78 is 0. The standard InChI is InChI=1S/C9H13NOS/c1-7-5-12-8(10-7)9(6-11)3-2-4-9/h5,11H,2-4,6H2,1H3. The van der Waals surface area contributed by atoms with Gasteiger partial charge in [-0.25, -0.2) is 4.98 Å². The fourth-order valence-corrected chi connectivity index (χ4v) is 2.69. The van der Waals surface area contributed by atoms with Crippen LogP contribution in [0.5, 0.6) is 0 Å². The molecule has 1 aliphatic carbocycles. The lowest BCUT2D eigenvalue weighted by Gasteiger charge is -2.38. The molecule has 0 spiro atoms. The van der Waals surface area contributed by atoms with Crippen molar-refractivity contribution in [3.63, 3.8) is 0 Å². The summed E-state index contributed by atoms with van der Waals surface area (Å²) in [4.78, 5) is 4.43. The van der Waals surface area contributed by atoms with Gasteiger partial charge >= 0.3 is 0 Å². The van der Waals surface area contributed by atoms with Crippen LogP contribution in [0.3, 0.4) is 0 Å². The van der Waals surface area contributed by atoms with Crippen molar-refractivity contribution < 1.29 is 5.11 Å². The van der Waals surface area contributed by atoms with E-state index in [0.717, 1.165) is 23.5 Å². The van der Waals surface area contributed by atoms with Crippen LogP contribution in [-0.2, 0) is 5.41 Å². The zero-order valence-corrected chi connectivity index (χ0v) is 8.02. The molecule has 0 aromatic carbocycles. The Balaban J connectivity index is 2.27. The summed E-state index contributed by atoms with van der Waals surface area (Å²) in [5, 5.41) is 12.5. The van der Waals surface area contributed by atoms with Gasteiger partial charge in [0.2, 0.25) is 0 Å². The van der Waals surface area contributed by atoms with E-state index in [4.69, 9.17) is 0 Å². The number of nitrogens with zero attached hydrogens (tertiary/aromatic N) is 1. The molecule has 0 aliphatic heterocycles. The molecule has 2 rings (SSSR count).